The average molecular weight is 406 g/mol. The van der Waals surface area contributed by atoms with Crippen LogP contribution < -0.4 is 30.6 Å². The maximum absolute atomic E-state index is 12.7. The third-order valence-corrected chi connectivity index (χ3v) is 4.11. The Labute approximate surface area is 165 Å². The summed E-state index contributed by atoms with van der Waals surface area (Å²) in [6.45, 7) is -2.42. The number of hydrogen-bond acceptors (Lipinski definition) is 5. The number of alkyl halides is 2. The number of halogens is 2. The predicted molar refractivity (Wildman–Crippen MR) is 101 cm³/mol. The molecular formula is C19H20F2N4O4. The molecule has 0 saturated carbocycles. The zero-order valence-corrected chi connectivity index (χ0v) is 15.6. The van der Waals surface area contributed by atoms with Gasteiger partial charge in [-0.05, 0) is 23.8 Å². The number of amides is 1. The maximum Gasteiger partial charge on any atom is 0.387 e. The van der Waals surface area contributed by atoms with E-state index in [0.717, 1.165) is 5.56 Å². The highest BCUT2D eigenvalue weighted by Gasteiger charge is 2.20. The molecule has 3 rings (SSSR count). The van der Waals surface area contributed by atoms with Crippen molar-refractivity contribution in [2.75, 3.05) is 13.8 Å². The number of guanidine groups is 1. The number of nitrogens with two attached hydrogens (primary N) is 1. The molecule has 10 heteroatoms. The van der Waals surface area contributed by atoms with Crippen molar-refractivity contribution in [2.24, 2.45) is 10.7 Å². The summed E-state index contributed by atoms with van der Waals surface area (Å²) in [6, 6.07) is 9.82. The first kappa shape index (κ1) is 20.2. The second-order valence-electron chi connectivity index (χ2n) is 6.04. The third-order valence-electron chi connectivity index (χ3n) is 4.11. The first-order valence-electron chi connectivity index (χ1n) is 8.67. The van der Waals surface area contributed by atoms with Crippen molar-refractivity contribution in [1.29, 1.82) is 0 Å². The lowest BCUT2D eigenvalue weighted by Gasteiger charge is -2.15. The Balaban J connectivity index is 1.65. The van der Waals surface area contributed by atoms with Crippen molar-refractivity contribution in [3.05, 3.63) is 53.1 Å². The smallest absolute Gasteiger partial charge is 0.387 e. The van der Waals surface area contributed by atoms with E-state index in [4.69, 9.17) is 15.2 Å². The number of carbonyl (C=O) groups excluding carboxylic acids is 1. The Morgan fingerprint density at radius 1 is 1.21 bits per heavy atom. The molecule has 1 aliphatic rings. The highest BCUT2D eigenvalue weighted by atomic mass is 19.3. The number of ether oxygens (including phenoxy) is 3. The Kier molecular flexibility index (Phi) is 6.32. The number of hydrogen-bond donors (Lipinski definition) is 3. The number of nitrogens with one attached hydrogen (secondary N) is 2. The minimum absolute atomic E-state index is 0.0126. The number of carbonyl (C=O) groups is 1. The minimum atomic E-state index is -2.97. The van der Waals surface area contributed by atoms with Crippen molar-refractivity contribution < 1.29 is 27.8 Å². The van der Waals surface area contributed by atoms with Gasteiger partial charge < -0.3 is 30.6 Å². The second-order valence-corrected chi connectivity index (χ2v) is 6.04. The number of benzene rings is 2. The van der Waals surface area contributed by atoms with Crippen LogP contribution in [0.25, 0.3) is 0 Å². The van der Waals surface area contributed by atoms with Crippen molar-refractivity contribution in [3.63, 3.8) is 0 Å². The van der Waals surface area contributed by atoms with Gasteiger partial charge in [-0.25, -0.2) is 0 Å². The molecule has 0 saturated heterocycles. The highest BCUT2D eigenvalue weighted by molar-refractivity contribution is 5.92. The summed E-state index contributed by atoms with van der Waals surface area (Å²) in [6.07, 6.45) is 0. The van der Waals surface area contributed by atoms with Crippen molar-refractivity contribution in [1.82, 2.24) is 10.6 Å². The fourth-order valence-electron chi connectivity index (χ4n) is 2.73. The summed E-state index contributed by atoms with van der Waals surface area (Å²) in [5.74, 6) is 0.705. The zero-order valence-electron chi connectivity index (χ0n) is 15.6. The summed E-state index contributed by atoms with van der Waals surface area (Å²) in [5, 5.41) is 6.10. The molecule has 0 spiro atoms. The fraction of sp³-hybridized carbons (Fsp3) is 0.263. The Morgan fingerprint density at radius 3 is 2.62 bits per heavy atom. The van der Waals surface area contributed by atoms with E-state index in [1.807, 2.05) is 6.07 Å². The van der Waals surface area contributed by atoms with E-state index in [1.165, 1.54) is 6.07 Å². The number of primary amides is 1. The van der Waals surface area contributed by atoms with Gasteiger partial charge in [-0.2, -0.15) is 8.78 Å². The van der Waals surface area contributed by atoms with Gasteiger partial charge in [0, 0.05) is 37.3 Å². The van der Waals surface area contributed by atoms with Crippen LogP contribution in [0.3, 0.4) is 0 Å². The molecule has 1 heterocycles. The average Bonchev–Trinajstić information content (AvgIpc) is 3.15. The van der Waals surface area contributed by atoms with E-state index in [9.17, 15) is 13.6 Å². The number of fused-ring (bicyclic) bond motifs is 1. The molecule has 0 radical (unpaired) electrons. The van der Waals surface area contributed by atoms with Gasteiger partial charge in [0.1, 0.15) is 5.75 Å². The third kappa shape index (κ3) is 5.24. The molecule has 0 aromatic heterocycles. The van der Waals surface area contributed by atoms with Crippen LogP contribution in [-0.2, 0) is 13.1 Å². The molecular weight excluding hydrogens is 386 g/mol. The lowest BCUT2D eigenvalue weighted by atomic mass is 10.1. The van der Waals surface area contributed by atoms with Crippen LogP contribution in [-0.4, -0.2) is 32.3 Å². The summed E-state index contributed by atoms with van der Waals surface area (Å²) in [5.41, 5.74) is 6.97. The van der Waals surface area contributed by atoms with E-state index in [0.29, 0.717) is 35.1 Å². The quantitative estimate of drug-likeness (QED) is 0.480. The molecule has 1 amide bonds. The first-order valence-corrected chi connectivity index (χ1v) is 8.67. The molecule has 4 N–H and O–H groups in total. The van der Waals surface area contributed by atoms with E-state index in [1.54, 1.807) is 31.3 Å². The van der Waals surface area contributed by atoms with Gasteiger partial charge in [0.25, 0.3) is 0 Å². The Morgan fingerprint density at radius 2 is 1.93 bits per heavy atom. The summed E-state index contributed by atoms with van der Waals surface area (Å²) < 4.78 is 40.5. The largest absolute Gasteiger partial charge is 0.454 e. The normalized spacial score (nSPS) is 12.8. The van der Waals surface area contributed by atoms with Gasteiger partial charge in [0.15, 0.2) is 17.5 Å². The molecule has 2 aromatic rings. The van der Waals surface area contributed by atoms with Crippen LogP contribution in [0.15, 0.2) is 41.4 Å². The maximum atomic E-state index is 12.7. The second kappa shape index (κ2) is 9.09. The number of rotatable bonds is 7. The van der Waals surface area contributed by atoms with Gasteiger partial charge in [-0.1, -0.05) is 12.1 Å². The molecule has 2 aromatic carbocycles. The Bertz CT molecular complexity index is 921. The fourth-order valence-corrected chi connectivity index (χ4v) is 2.73. The van der Waals surface area contributed by atoms with Gasteiger partial charge in [-0.3, -0.25) is 9.79 Å². The molecule has 8 nitrogen and oxygen atoms in total. The molecule has 0 aliphatic carbocycles. The van der Waals surface area contributed by atoms with Gasteiger partial charge in [0.2, 0.25) is 12.7 Å². The van der Waals surface area contributed by atoms with Crippen molar-refractivity contribution >= 4 is 11.9 Å². The summed E-state index contributed by atoms with van der Waals surface area (Å²) in [4.78, 5) is 15.4. The molecule has 0 fully saturated rings. The topological polar surface area (TPSA) is 107 Å². The summed E-state index contributed by atoms with van der Waals surface area (Å²) in [7, 11) is 1.57. The lowest BCUT2D eigenvalue weighted by Crippen LogP contribution is -2.36. The van der Waals surface area contributed by atoms with Crippen LogP contribution in [0.4, 0.5) is 8.78 Å². The molecule has 0 bridgehead atoms. The molecule has 0 atom stereocenters. The molecule has 0 unspecified atom stereocenters. The van der Waals surface area contributed by atoms with E-state index in [2.05, 4.69) is 20.4 Å². The van der Waals surface area contributed by atoms with E-state index >= 15 is 0 Å². The molecule has 154 valence electrons. The first-order chi connectivity index (χ1) is 14.0. The number of aliphatic imine (C=N–C) groups is 1. The van der Waals surface area contributed by atoms with Crippen molar-refractivity contribution in [2.45, 2.75) is 19.7 Å². The lowest BCUT2D eigenvalue weighted by molar-refractivity contribution is -0.0505. The summed E-state index contributed by atoms with van der Waals surface area (Å²) >= 11 is 0. The number of nitrogens with zero attached hydrogens (tertiary/aromatic N) is 1. The Hall–Kier alpha value is -3.56. The van der Waals surface area contributed by atoms with Crippen LogP contribution in [0.1, 0.15) is 21.5 Å². The van der Waals surface area contributed by atoms with E-state index < -0.39 is 12.5 Å². The monoisotopic (exact) mass is 406 g/mol. The highest BCUT2D eigenvalue weighted by Crippen LogP contribution is 2.38. The van der Waals surface area contributed by atoms with Gasteiger partial charge in [-0.15, -0.1) is 0 Å². The standard InChI is InChI=1S/C19H20F2N4O4/c1-23-19(24-8-11-3-2-4-12(5-11)17(22)26)25-9-13-6-15-16(28-10-27-15)7-14(13)29-18(20)21/h2-7,18H,8-10H2,1H3,(H2,22,26)(H2,23,24,25). The van der Waals surface area contributed by atoms with Crippen molar-refractivity contribution in [3.8, 4) is 17.2 Å². The molecule has 29 heavy (non-hydrogen) atoms. The van der Waals surface area contributed by atoms with Crippen LogP contribution in [0, 0.1) is 0 Å². The minimum Gasteiger partial charge on any atom is -0.454 e. The van der Waals surface area contributed by atoms with Crippen LogP contribution >= 0.6 is 0 Å². The van der Waals surface area contributed by atoms with Gasteiger partial charge in [0.05, 0.1) is 0 Å². The van der Waals surface area contributed by atoms with Crippen LogP contribution in [0.2, 0.25) is 0 Å². The zero-order chi connectivity index (χ0) is 20.8. The predicted octanol–water partition coefficient (Wildman–Crippen LogP) is 1.98. The molecule has 1 aliphatic heterocycles. The van der Waals surface area contributed by atoms with E-state index in [-0.39, 0.29) is 19.1 Å². The van der Waals surface area contributed by atoms with Crippen LogP contribution in [0.5, 0.6) is 17.2 Å². The SMILES string of the molecule is CN=C(NCc1cccc(C(N)=O)c1)NCc1cc2c(cc1OC(F)F)OCO2. The van der Waals surface area contributed by atoms with Gasteiger partial charge >= 0.3 is 6.61 Å².